The molecule has 0 saturated carbocycles. The van der Waals surface area contributed by atoms with Crippen molar-refractivity contribution >= 4 is 61.5 Å². The molecular weight excluding hydrogens is 1330 g/mol. The Bertz CT molecular complexity index is 2390. The molecule has 2 fully saturated rings. The largest absolute Gasteiger partial charge is 0.477 e. The van der Waals surface area contributed by atoms with Crippen LogP contribution in [-0.4, -0.2) is 160 Å². The highest BCUT2D eigenvalue weighted by Crippen LogP contribution is 2.44. The summed E-state index contributed by atoms with van der Waals surface area (Å²) in [6.45, 7) is 10.5. The summed E-state index contributed by atoms with van der Waals surface area (Å²) in [6.07, 6.45) is 16.0. The van der Waals surface area contributed by atoms with Gasteiger partial charge in [0.2, 0.25) is 5.91 Å². The third kappa shape index (κ3) is 42.7. The Morgan fingerprint density at radius 3 is 1.31 bits per heavy atom. The standard InChI is InChI=1S/C74H130NO25P/c1-9-13-17-21-25-29-33-37-41-45-58(95-64(81)47-43-39-35-31-27-23-19-15-11-3)49-63(80)75-67-71(98-66(83)50-59(46-42-38-34-30-26-22-18-14-10-2)96-65(82)48-44-40-36-32-28-24-20-16-12-4)70(100-101(87,88)89)62(97-72(67)84)53-91-74(73(85)86)51-60(92-55(6)77)68(94-57(8)79)69(99-74)61(93-56(7)78)52-90-54(5)76/h58-62,67-72,84H,9-53H2,1-8H3,(H,75,80)(H,85,86)(H2,87,88,89)/t58?,59?,60-,61?,62-,67-,68-,69-,70-,71-,72?,74-/m1/s1. The SMILES string of the molecule is CCCCCCCCCCCC(=O)OC(CCCCCCCCCCC)CC(=O)N[C@H]1C(O)O[C@H](CO[C@]2(C(=O)O)C[C@@H](OC(C)=O)[C@@H](OC(C)=O)[C@@H](C(COC(C)=O)OC(C)=O)O2)[C@@H](OP(=O)(O)O)[C@@H]1OC(=O)CC(CCCCCCCCCCC)OC(=O)CCCCCCCCCCC. The van der Waals surface area contributed by atoms with Crippen molar-refractivity contribution in [1.82, 2.24) is 5.32 Å². The van der Waals surface area contributed by atoms with Crippen molar-refractivity contribution < 1.29 is 120 Å². The monoisotopic (exact) mass is 1460 g/mol. The minimum absolute atomic E-state index is 0.0683. The third-order valence-corrected chi connectivity index (χ3v) is 18.7. The van der Waals surface area contributed by atoms with E-state index in [1.807, 2.05) is 0 Å². The third-order valence-electron chi connectivity index (χ3n) is 18.2. The number of aliphatic hydroxyl groups is 1. The van der Waals surface area contributed by atoms with Gasteiger partial charge in [-0.1, -0.05) is 233 Å². The van der Waals surface area contributed by atoms with Gasteiger partial charge in [0, 0.05) is 40.5 Å². The van der Waals surface area contributed by atoms with Crippen LogP contribution in [0.25, 0.3) is 0 Å². The van der Waals surface area contributed by atoms with Crippen LogP contribution in [0, 0.1) is 0 Å². The fourth-order valence-corrected chi connectivity index (χ4v) is 13.5. The maximum absolute atomic E-state index is 14.7. The fourth-order valence-electron chi connectivity index (χ4n) is 12.9. The molecule has 12 atom stereocenters. The van der Waals surface area contributed by atoms with Crippen molar-refractivity contribution in [2.75, 3.05) is 13.2 Å². The lowest BCUT2D eigenvalue weighted by Crippen LogP contribution is -2.67. The molecule has 0 radical (unpaired) electrons. The number of unbranched alkanes of at least 4 members (excludes halogenated alkanes) is 32. The quantitative estimate of drug-likeness (QED) is 0.0163. The smallest absolute Gasteiger partial charge is 0.470 e. The van der Waals surface area contributed by atoms with Crippen LogP contribution in [0.15, 0.2) is 0 Å². The Hall–Kier alpha value is -4.82. The second-order valence-electron chi connectivity index (χ2n) is 27.5. The molecule has 0 aromatic rings. The molecule has 0 aromatic carbocycles. The summed E-state index contributed by atoms with van der Waals surface area (Å²) < 4.78 is 76.2. The number of carboxylic acid groups (broad SMARTS) is 1. The van der Waals surface area contributed by atoms with E-state index in [1.165, 1.54) is 32.1 Å². The van der Waals surface area contributed by atoms with Crippen molar-refractivity contribution in [3.8, 4) is 0 Å². The Balaban J connectivity index is 2.75. The van der Waals surface area contributed by atoms with Gasteiger partial charge in [-0.2, -0.15) is 0 Å². The number of esters is 7. The first kappa shape index (κ1) is 92.3. The molecule has 0 bridgehead atoms. The van der Waals surface area contributed by atoms with Crippen molar-refractivity contribution in [3.05, 3.63) is 0 Å². The van der Waals surface area contributed by atoms with Gasteiger partial charge in [0.05, 0.1) is 25.9 Å². The number of aliphatic hydroxyl groups excluding tert-OH is 1. The highest BCUT2D eigenvalue weighted by Gasteiger charge is 2.60. The molecule has 2 aliphatic rings. The van der Waals surface area contributed by atoms with Gasteiger partial charge in [0.25, 0.3) is 5.79 Å². The average molecular weight is 1460 g/mol. The summed E-state index contributed by atoms with van der Waals surface area (Å²) in [5, 5.41) is 25.8. The van der Waals surface area contributed by atoms with Crippen molar-refractivity contribution in [2.45, 2.75) is 405 Å². The van der Waals surface area contributed by atoms with E-state index in [1.54, 1.807) is 0 Å². The Morgan fingerprint density at radius 2 is 0.911 bits per heavy atom. The molecule has 0 spiro atoms. The number of ether oxygens (including phenoxy) is 10. The molecule has 2 rings (SSSR count). The lowest BCUT2D eigenvalue weighted by molar-refractivity contribution is -0.338. The van der Waals surface area contributed by atoms with E-state index in [2.05, 4.69) is 33.0 Å². The highest BCUT2D eigenvalue weighted by atomic mass is 31.2. The summed E-state index contributed by atoms with van der Waals surface area (Å²) in [5.41, 5.74) is 0. The van der Waals surface area contributed by atoms with Gasteiger partial charge in [-0.3, -0.25) is 42.9 Å². The molecule has 1 amide bonds. The maximum Gasteiger partial charge on any atom is 0.470 e. The zero-order valence-electron chi connectivity index (χ0n) is 62.5. The number of carbonyl (C=O) groups excluding carboxylic acids is 8. The van der Waals surface area contributed by atoms with Gasteiger partial charge < -0.3 is 72.7 Å². The lowest BCUT2D eigenvalue weighted by atomic mass is 9.91. The van der Waals surface area contributed by atoms with E-state index in [9.17, 15) is 67.7 Å². The first-order valence-corrected chi connectivity index (χ1v) is 40.0. The first-order chi connectivity index (χ1) is 48.3. The Morgan fingerprint density at radius 1 is 0.495 bits per heavy atom. The Kier molecular flexibility index (Phi) is 50.0. The average Bonchev–Trinajstić information content (AvgIpc) is 0.768. The number of aliphatic carboxylic acids is 1. The summed E-state index contributed by atoms with van der Waals surface area (Å²) in [6, 6.07) is -1.96. The number of hydrogen-bond donors (Lipinski definition) is 5. The van der Waals surface area contributed by atoms with E-state index >= 15 is 0 Å². The van der Waals surface area contributed by atoms with Crippen LogP contribution in [0.3, 0.4) is 0 Å². The number of phosphoric ester groups is 1. The van der Waals surface area contributed by atoms with Crippen molar-refractivity contribution in [1.29, 1.82) is 0 Å². The second kappa shape index (κ2) is 54.7. The minimum atomic E-state index is -5.81. The van der Waals surface area contributed by atoms with Gasteiger partial charge in [0.1, 0.15) is 49.3 Å². The van der Waals surface area contributed by atoms with Crippen LogP contribution < -0.4 is 5.32 Å². The van der Waals surface area contributed by atoms with Crippen LogP contribution in [0.2, 0.25) is 0 Å². The number of rotatable bonds is 60. The Labute approximate surface area is 601 Å². The molecule has 26 nitrogen and oxygen atoms in total. The van der Waals surface area contributed by atoms with E-state index in [0.29, 0.717) is 25.7 Å². The van der Waals surface area contributed by atoms with E-state index in [4.69, 9.17) is 51.9 Å². The molecule has 586 valence electrons. The second-order valence-corrected chi connectivity index (χ2v) is 28.7. The molecule has 27 heteroatoms. The van der Waals surface area contributed by atoms with Crippen LogP contribution in [-0.2, 0) is 99.6 Å². The number of phosphoric acid groups is 1. The zero-order valence-corrected chi connectivity index (χ0v) is 63.4. The van der Waals surface area contributed by atoms with Crippen LogP contribution in [0.1, 0.15) is 331 Å². The number of carbonyl (C=O) groups is 9. The van der Waals surface area contributed by atoms with Gasteiger partial charge in [0.15, 0.2) is 24.6 Å². The predicted octanol–water partition coefficient (Wildman–Crippen LogP) is 13.8. The van der Waals surface area contributed by atoms with E-state index in [0.717, 1.165) is 201 Å². The molecule has 0 aromatic heterocycles. The molecule has 2 aliphatic heterocycles. The van der Waals surface area contributed by atoms with Crippen LogP contribution in [0.5, 0.6) is 0 Å². The molecule has 2 heterocycles. The molecular formula is C74H130NO25P. The number of carboxylic acids is 1. The summed E-state index contributed by atoms with van der Waals surface area (Å²) in [4.78, 5) is 142. The topological polar surface area (TPSA) is 365 Å². The molecule has 4 unspecified atom stereocenters. The first-order valence-electron chi connectivity index (χ1n) is 38.4. The molecule has 101 heavy (non-hydrogen) atoms. The zero-order chi connectivity index (χ0) is 74.9. The number of nitrogens with one attached hydrogen (secondary N) is 1. The number of hydrogen-bond acceptors (Lipinski definition) is 22. The summed E-state index contributed by atoms with van der Waals surface area (Å²) in [7, 11) is -5.81. The molecule has 2 saturated heterocycles. The van der Waals surface area contributed by atoms with Crippen molar-refractivity contribution in [3.63, 3.8) is 0 Å². The minimum Gasteiger partial charge on any atom is -0.477 e. The summed E-state index contributed by atoms with van der Waals surface area (Å²) >= 11 is 0. The normalized spacial score (nSPS) is 21.5. The molecule has 5 N–H and O–H groups in total. The molecule has 0 aliphatic carbocycles. The predicted molar refractivity (Wildman–Crippen MR) is 375 cm³/mol. The van der Waals surface area contributed by atoms with Crippen molar-refractivity contribution in [2.24, 2.45) is 0 Å². The summed E-state index contributed by atoms with van der Waals surface area (Å²) in [5.74, 6) is -12.1. The maximum atomic E-state index is 14.7. The fraction of sp³-hybridized carbons (Fsp3) is 0.878. The van der Waals surface area contributed by atoms with E-state index in [-0.39, 0.29) is 25.7 Å². The van der Waals surface area contributed by atoms with Gasteiger partial charge in [-0.15, -0.1) is 0 Å². The highest BCUT2D eigenvalue weighted by molar-refractivity contribution is 7.46. The van der Waals surface area contributed by atoms with Gasteiger partial charge in [-0.05, 0) is 38.5 Å². The van der Waals surface area contributed by atoms with E-state index < -0.39 is 167 Å². The van der Waals surface area contributed by atoms with Crippen LogP contribution >= 0.6 is 7.82 Å². The van der Waals surface area contributed by atoms with Gasteiger partial charge >= 0.3 is 55.6 Å². The lowest BCUT2D eigenvalue weighted by Gasteiger charge is -2.48. The number of amides is 1. The van der Waals surface area contributed by atoms with Gasteiger partial charge in [-0.25, -0.2) is 9.36 Å². The van der Waals surface area contributed by atoms with Crippen LogP contribution in [0.4, 0.5) is 0 Å².